The summed E-state index contributed by atoms with van der Waals surface area (Å²) in [6.07, 6.45) is 6.83. The van der Waals surface area contributed by atoms with Gasteiger partial charge >= 0.3 is 5.97 Å². The van der Waals surface area contributed by atoms with Gasteiger partial charge in [-0.1, -0.05) is 42.5 Å². The second kappa shape index (κ2) is 7.25. The monoisotopic (exact) mass is 273 g/mol. The molecule has 108 valence electrons. The molecule has 1 aromatic rings. The highest BCUT2D eigenvalue weighted by atomic mass is 16.5. The Morgan fingerprint density at radius 3 is 2.85 bits per heavy atom. The summed E-state index contributed by atoms with van der Waals surface area (Å²) in [6.45, 7) is 4.01. The lowest BCUT2D eigenvalue weighted by molar-refractivity contribution is -0.156. The lowest BCUT2D eigenvalue weighted by Gasteiger charge is -2.34. The van der Waals surface area contributed by atoms with E-state index in [1.165, 1.54) is 0 Å². The van der Waals surface area contributed by atoms with Crippen LogP contribution in [0.25, 0.3) is 6.08 Å². The van der Waals surface area contributed by atoms with Gasteiger partial charge in [0.2, 0.25) is 0 Å². The second-order valence-electron chi connectivity index (χ2n) is 5.30. The van der Waals surface area contributed by atoms with Crippen LogP contribution in [0, 0.1) is 5.41 Å². The van der Waals surface area contributed by atoms with E-state index < -0.39 is 0 Å². The Morgan fingerprint density at radius 1 is 1.40 bits per heavy atom. The molecule has 0 saturated carbocycles. The fourth-order valence-corrected chi connectivity index (χ4v) is 2.67. The largest absolute Gasteiger partial charge is 0.466 e. The third kappa shape index (κ3) is 3.70. The summed E-state index contributed by atoms with van der Waals surface area (Å²) in [6, 6.07) is 10.2. The van der Waals surface area contributed by atoms with Crippen molar-refractivity contribution < 1.29 is 9.53 Å². The molecule has 2 rings (SSSR count). The third-order valence-electron chi connectivity index (χ3n) is 3.80. The number of carbonyl (C=O) groups excluding carboxylic acids is 1. The van der Waals surface area contributed by atoms with Crippen LogP contribution in [0.3, 0.4) is 0 Å². The minimum absolute atomic E-state index is 0.0649. The van der Waals surface area contributed by atoms with Crippen LogP contribution in [0.5, 0.6) is 0 Å². The second-order valence-corrected chi connectivity index (χ2v) is 5.30. The van der Waals surface area contributed by atoms with Gasteiger partial charge in [0.15, 0.2) is 0 Å². The van der Waals surface area contributed by atoms with Crippen LogP contribution in [-0.2, 0) is 9.53 Å². The highest BCUT2D eigenvalue weighted by Gasteiger charge is 2.39. The van der Waals surface area contributed by atoms with Gasteiger partial charge in [-0.2, -0.15) is 0 Å². The van der Waals surface area contributed by atoms with Gasteiger partial charge in [-0.15, -0.1) is 0 Å². The smallest absolute Gasteiger partial charge is 0.313 e. The minimum Gasteiger partial charge on any atom is -0.466 e. The molecule has 0 radical (unpaired) electrons. The van der Waals surface area contributed by atoms with Crippen molar-refractivity contribution in [3.8, 4) is 0 Å². The van der Waals surface area contributed by atoms with Crippen LogP contribution in [0.4, 0.5) is 0 Å². The van der Waals surface area contributed by atoms with E-state index in [-0.39, 0.29) is 11.4 Å². The van der Waals surface area contributed by atoms with Crippen LogP contribution >= 0.6 is 0 Å². The Bertz CT molecular complexity index is 447. The summed E-state index contributed by atoms with van der Waals surface area (Å²) in [5, 5.41) is 3.33. The van der Waals surface area contributed by atoms with Crippen molar-refractivity contribution in [2.45, 2.75) is 26.2 Å². The van der Waals surface area contributed by atoms with Gasteiger partial charge in [0.1, 0.15) is 0 Å². The first-order valence-electron chi connectivity index (χ1n) is 7.36. The number of allylic oxidation sites excluding steroid dienone is 1. The Hall–Kier alpha value is -1.61. The highest BCUT2D eigenvalue weighted by Crippen LogP contribution is 2.32. The summed E-state index contributed by atoms with van der Waals surface area (Å²) >= 11 is 0. The molecule has 1 fully saturated rings. The molecule has 1 saturated heterocycles. The van der Waals surface area contributed by atoms with E-state index in [4.69, 9.17) is 4.74 Å². The van der Waals surface area contributed by atoms with Crippen molar-refractivity contribution in [3.63, 3.8) is 0 Å². The predicted octanol–water partition coefficient (Wildman–Crippen LogP) is 3.02. The lowest BCUT2D eigenvalue weighted by Crippen LogP contribution is -2.46. The molecule has 1 heterocycles. The maximum Gasteiger partial charge on any atom is 0.313 e. The minimum atomic E-state index is -0.389. The molecule has 0 amide bonds. The van der Waals surface area contributed by atoms with Gasteiger partial charge < -0.3 is 10.1 Å². The van der Waals surface area contributed by atoms with E-state index in [9.17, 15) is 4.79 Å². The van der Waals surface area contributed by atoms with E-state index in [1.807, 2.05) is 25.1 Å². The molecule has 20 heavy (non-hydrogen) atoms. The molecule has 0 aliphatic carbocycles. The van der Waals surface area contributed by atoms with Crippen molar-refractivity contribution >= 4 is 12.0 Å². The molecule has 1 aromatic carbocycles. The fourth-order valence-electron chi connectivity index (χ4n) is 2.67. The number of hydrogen-bond donors (Lipinski definition) is 1. The Kier molecular flexibility index (Phi) is 5.36. The molecule has 0 bridgehead atoms. The number of rotatable bonds is 5. The summed E-state index contributed by atoms with van der Waals surface area (Å²) in [4.78, 5) is 12.3. The average Bonchev–Trinajstić information content (AvgIpc) is 2.49. The lowest BCUT2D eigenvalue weighted by atomic mass is 9.77. The van der Waals surface area contributed by atoms with E-state index in [2.05, 4.69) is 29.6 Å². The molecule has 1 N–H and O–H groups in total. The summed E-state index contributed by atoms with van der Waals surface area (Å²) in [5.41, 5.74) is 0.773. The van der Waals surface area contributed by atoms with Gasteiger partial charge in [0.25, 0.3) is 0 Å². The number of hydrogen-bond acceptors (Lipinski definition) is 3. The molecular weight excluding hydrogens is 250 g/mol. The van der Waals surface area contributed by atoms with Crippen molar-refractivity contribution in [2.24, 2.45) is 5.41 Å². The van der Waals surface area contributed by atoms with Crippen LogP contribution in [0.2, 0.25) is 0 Å². The molecule has 0 spiro atoms. The SMILES string of the molecule is CCOC(=O)[C@]1(C/C=C/c2ccccc2)CCCNC1. The maximum absolute atomic E-state index is 12.3. The number of esters is 1. The molecule has 1 aliphatic heterocycles. The molecular formula is C17H23NO2. The molecule has 3 nitrogen and oxygen atoms in total. The molecule has 1 aliphatic rings. The van der Waals surface area contributed by atoms with Crippen molar-refractivity contribution in [2.75, 3.05) is 19.7 Å². The normalized spacial score (nSPS) is 22.9. The summed E-state index contributed by atoms with van der Waals surface area (Å²) in [5.74, 6) is -0.0649. The van der Waals surface area contributed by atoms with E-state index in [0.717, 1.165) is 31.4 Å². The van der Waals surface area contributed by atoms with Gasteiger partial charge in [-0.25, -0.2) is 0 Å². The zero-order valence-corrected chi connectivity index (χ0v) is 12.1. The van der Waals surface area contributed by atoms with Crippen LogP contribution in [-0.4, -0.2) is 25.7 Å². The van der Waals surface area contributed by atoms with Gasteiger partial charge in [-0.05, 0) is 38.3 Å². The maximum atomic E-state index is 12.3. The topological polar surface area (TPSA) is 38.3 Å². The third-order valence-corrected chi connectivity index (χ3v) is 3.80. The van der Waals surface area contributed by atoms with Crippen molar-refractivity contribution in [1.29, 1.82) is 0 Å². The standard InChI is InChI=1S/C17H23NO2/c1-2-20-16(19)17(12-7-13-18-14-17)11-6-10-15-8-4-3-5-9-15/h3-6,8-10,18H,2,7,11-14H2,1H3/b10-6+/t17-/m1/s1. The van der Waals surface area contributed by atoms with Crippen molar-refractivity contribution in [1.82, 2.24) is 5.32 Å². The number of ether oxygens (including phenoxy) is 1. The number of benzene rings is 1. The quantitative estimate of drug-likeness (QED) is 0.838. The first-order valence-corrected chi connectivity index (χ1v) is 7.36. The zero-order chi connectivity index (χ0) is 14.3. The number of carbonyl (C=O) groups is 1. The van der Waals surface area contributed by atoms with Crippen LogP contribution < -0.4 is 5.32 Å². The Morgan fingerprint density at radius 2 is 2.20 bits per heavy atom. The molecule has 3 heteroatoms. The predicted molar refractivity (Wildman–Crippen MR) is 81.3 cm³/mol. The Labute approximate surface area is 121 Å². The highest BCUT2D eigenvalue weighted by molar-refractivity contribution is 5.77. The summed E-state index contributed by atoms with van der Waals surface area (Å²) in [7, 11) is 0. The fraction of sp³-hybridized carbons (Fsp3) is 0.471. The summed E-state index contributed by atoms with van der Waals surface area (Å²) < 4.78 is 5.27. The Balaban J connectivity index is 2.04. The first kappa shape index (κ1) is 14.8. The van der Waals surface area contributed by atoms with E-state index >= 15 is 0 Å². The number of nitrogens with one attached hydrogen (secondary N) is 1. The number of piperidine rings is 1. The molecule has 1 atom stereocenters. The van der Waals surface area contributed by atoms with Crippen LogP contribution in [0.15, 0.2) is 36.4 Å². The first-order chi connectivity index (χ1) is 9.77. The van der Waals surface area contributed by atoms with Crippen molar-refractivity contribution in [3.05, 3.63) is 42.0 Å². The average molecular weight is 273 g/mol. The van der Waals surface area contributed by atoms with E-state index in [1.54, 1.807) is 0 Å². The van der Waals surface area contributed by atoms with E-state index in [0.29, 0.717) is 13.2 Å². The molecule has 0 unspecified atom stereocenters. The van der Waals surface area contributed by atoms with Crippen LogP contribution in [0.1, 0.15) is 31.7 Å². The zero-order valence-electron chi connectivity index (χ0n) is 12.1. The van der Waals surface area contributed by atoms with Gasteiger partial charge in [0.05, 0.1) is 12.0 Å². The van der Waals surface area contributed by atoms with Gasteiger partial charge in [-0.3, -0.25) is 4.79 Å². The molecule has 0 aromatic heterocycles. The van der Waals surface area contributed by atoms with Gasteiger partial charge in [0, 0.05) is 6.54 Å².